The number of ether oxygens (including phenoxy) is 2. The van der Waals surface area contributed by atoms with E-state index in [1.807, 2.05) is 6.92 Å². The van der Waals surface area contributed by atoms with Gasteiger partial charge in [-0.15, -0.1) is 0 Å². The molecule has 1 rings (SSSR count). The van der Waals surface area contributed by atoms with Gasteiger partial charge in [-0.2, -0.15) is 0 Å². The van der Waals surface area contributed by atoms with Gasteiger partial charge < -0.3 is 20.3 Å². The second-order valence-corrected chi connectivity index (χ2v) is 3.77. The molecule has 0 bridgehead atoms. The monoisotopic (exact) mass is 239 g/mol. The molecule has 5 nitrogen and oxygen atoms in total. The predicted octanol–water partition coefficient (Wildman–Crippen LogP) is 1.77. The minimum absolute atomic E-state index is 0.0821. The zero-order chi connectivity index (χ0) is 12.8. The predicted molar refractivity (Wildman–Crippen MR) is 64.4 cm³/mol. The molecule has 0 aliphatic rings. The maximum Gasteiger partial charge on any atom is 0.335 e. The molecule has 1 unspecified atom stereocenters. The third-order valence-electron chi connectivity index (χ3n) is 2.32. The fourth-order valence-electron chi connectivity index (χ4n) is 1.33. The standard InChI is InChI=1S/C12H17NO4/c1-8(5-6-16-2)17-11-7-9(12(14)15)3-4-10(11)13/h3-4,7-8H,5-6,13H2,1-2H3,(H,14,15). The van der Waals surface area contributed by atoms with Crippen molar-refractivity contribution >= 4 is 11.7 Å². The van der Waals surface area contributed by atoms with E-state index < -0.39 is 5.97 Å². The number of carboxylic acid groups (broad SMARTS) is 1. The number of carbonyl (C=O) groups is 1. The number of hydrogen-bond donors (Lipinski definition) is 2. The van der Waals surface area contributed by atoms with Gasteiger partial charge in [-0.1, -0.05) is 0 Å². The van der Waals surface area contributed by atoms with Crippen LogP contribution in [0.25, 0.3) is 0 Å². The summed E-state index contributed by atoms with van der Waals surface area (Å²) in [7, 11) is 1.62. The molecular formula is C12H17NO4. The number of methoxy groups -OCH3 is 1. The van der Waals surface area contributed by atoms with Gasteiger partial charge in [-0.3, -0.25) is 0 Å². The van der Waals surface area contributed by atoms with Crippen LogP contribution < -0.4 is 10.5 Å². The van der Waals surface area contributed by atoms with Gasteiger partial charge in [0.25, 0.3) is 0 Å². The van der Waals surface area contributed by atoms with E-state index in [2.05, 4.69) is 0 Å². The van der Waals surface area contributed by atoms with E-state index in [-0.39, 0.29) is 11.7 Å². The number of carboxylic acids is 1. The molecule has 0 amide bonds. The quantitative estimate of drug-likeness (QED) is 0.739. The summed E-state index contributed by atoms with van der Waals surface area (Å²) in [5.41, 5.74) is 6.31. The summed E-state index contributed by atoms with van der Waals surface area (Å²) in [5.74, 6) is -0.604. The van der Waals surface area contributed by atoms with Crippen molar-refractivity contribution in [1.82, 2.24) is 0 Å². The van der Waals surface area contributed by atoms with Gasteiger partial charge in [0.05, 0.1) is 17.4 Å². The molecule has 0 aliphatic carbocycles. The molecule has 0 fully saturated rings. The smallest absolute Gasteiger partial charge is 0.335 e. The van der Waals surface area contributed by atoms with E-state index >= 15 is 0 Å². The largest absolute Gasteiger partial charge is 0.488 e. The summed E-state index contributed by atoms with van der Waals surface area (Å²) in [6, 6.07) is 4.41. The SMILES string of the molecule is COCCC(C)Oc1cc(C(=O)O)ccc1N. The Morgan fingerprint density at radius 3 is 2.82 bits per heavy atom. The summed E-state index contributed by atoms with van der Waals surface area (Å²) in [4.78, 5) is 10.8. The molecule has 0 saturated carbocycles. The van der Waals surface area contributed by atoms with E-state index in [9.17, 15) is 4.79 Å². The van der Waals surface area contributed by atoms with Crippen molar-refractivity contribution in [3.8, 4) is 5.75 Å². The number of hydrogen-bond acceptors (Lipinski definition) is 4. The van der Waals surface area contributed by atoms with E-state index in [1.165, 1.54) is 18.2 Å². The van der Waals surface area contributed by atoms with Crippen LogP contribution in [-0.4, -0.2) is 30.9 Å². The topological polar surface area (TPSA) is 81.8 Å². The Labute approximate surface area is 100 Å². The highest BCUT2D eigenvalue weighted by atomic mass is 16.5. The summed E-state index contributed by atoms with van der Waals surface area (Å²) in [5, 5.41) is 8.86. The normalized spacial score (nSPS) is 12.1. The molecule has 0 saturated heterocycles. The summed E-state index contributed by atoms with van der Waals surface area (Å²) in [6.45, 7) is 2.46. The minimum atomic E-state index is -1.00. The molecule has 0 heterocycles. The first kappa shape index (κ1) is 13.3. The first-order valence-corrected chi connectivity index (χ1v) is 5.33. The summed E-state index contributed by atoms with van der Waals surface area (Å²) in [6.07, 6.45) is 0.633. The highest BCUT2D eigenvalue weighted by Gasteiger charge is 2.10. The Morgan fingerprint density at radius 1 is 1.53 bits per heavy atom. The second-order valence-electron chi connectivity index (χ2n) is 3.77. The van der Waals surface area contributed by atoms with Crippen LogP contribution >= 0.6 is 0 Å². The molecule has 5 heteroatoms. The number of rotatable bonds is 6. The van der Waals surface area contributed by atoms with Crippen LogP contribution in [-0.2, 0) is 4.74 Å². The molecule has 0 aromatic heterocycles. The lowest BCUT2D eigenvalue weighted by atomic mass is 10.2. The molecule has 1 aromatic rings. The van der Waals surface area contributed by atoms with Crippen molar-refractivity contribution in [2.45, 2.75) is 19.4 Å². The maximum atomic E-state index is 10.8. The Morgan fingerprint density at radius 2 is 2.24 bits per heavy atom. The number of anilines is 1. The van der Waals surface area contributed by atoms with E-state index in [4.69, 9.17) is 20.3 Å². The van der Waals surface area contributed by atoms with Gasteiger partial charge in [0.15, 0.2) is 0 Å². The number of nitrogen functional groups attached to an aromatic ring is 1. The molecule has 17 heavy (non-hydrogen) atoms. The van der Waals surface area contributed by atoms with Crippen molar-refractivity contribution in [2.24, 2.45) is 0 Å². The van der Waals surface area contributed by atoms with Crippen LogP contribution in [0.3, 0.4) is 0 Å². The Kier molecular flexibility index (Phi) is 4.78. The fourth-order valence-corrected chi connectivity index (χ4v) is 1.33. The molecule has 3 N–H and O–H groups in total. The Hall–Kier alpha value is -1.75. The van der Waals surface area contributed by atoms with Gasteiger partial charge in [-0.05, 0) is 25.1 Å². The average Bonchev–Trinajstić information content (AvgIpc) is 2.29. The zero-order valence-electron chi connectivity index (χ0n) is 9.97. The lowest BCUT2D eigenvalue weighted by Crippen LogP contribution is -2.15. The molecule has 1 atom stereocenters. The van der Waals surface area contributed by atoms with Crippen LogP contribution in [0.15, 0.2) is 18.2 Å². The second kappa shape index (κ2) is 6.10. The van der Waals surface area contributed by atoms with Crippen molar-refractivity contribution in [3.63, 3.8) is 0 Å². The zero-order valence-corrected chi connectivity index (χ0v) is 9.97. The van der Waals surface area contributed by atoms with Crippen molar-refractivity contribution < 1.29 is 19.4 Å². The first-order chi connectivity index (χ1) is 8.04. The van der Waals surface area contributed by atoms with Crippen molar-refractivity contribution in [3.05, 3.63) is 23.8 Å². The molecule has 1 aromatic carbocycles. The first-order valence-electron chi connectivity index (χ1n) is 5.33. The van der Waals surface area contributed by atoms with Gasteiger partial charge in [-0.25, -0.2) is 4.79 Å². The van der Waals surface area contributed by atoms with Crippen LogP contribution in [0, 0.1) is 0 Å². The van der Waals surface area contributed by atoms with Crippen LogP contribution in [0.2, 0.25) is 0 Å². The Bertz CT molecular complexity index is 392. The number of nitrogens with two attached hydrogens (primary N) is 1. The lowest BCUT2D eigenvalue weighted by Gasteiger charge is -2.16. The molecule has 0 spiro atoms. The van der Waals surface area contributed by atoms with E-state index in [1.54, 1.807) is 7.11 Å². The molecule has 94 valence electrons. The maximum absolute atomic E-state index is 10.8. The highest BCUT2D eigenvalue weighted by Crippen LogP contribution is 2.24. The summed E-state index contributed by atoms with van der Waals surface area (Å²) >= 11 is 0. The fraction of sp³-hybridized carbons (Fsp3) is 0.417. The van der Waals surface area contributed by atoms with Crippen LogP contribution in [0.1, 0.15) is 23.7 Å². The van der Waals surface area contributed by atoms with Gasteiger partial charge in [0, 0.05) is 20.1 Å². The highest BCUT2D eigenvalue weighted by molar-refractivity contribution is 5.89. The van der Waals surface area contributed by atoms with Crippen LogP contribution in [0.4, 0.5) is 5.69 Å². The molecule has 0 aliphatic heterocycles. The third-order valence-corrected chi connectivity index (χ3v) is 2.32. The average molecular weight is 239 g/mol. The van der Waals surface area contributed by atoms with Gasteiger partial charge in [0.2, 0.25) is 0 Å². The number of benzene rings is 1. The van der Waals surface area contributed by atoms with Crippen LogP contribution in [0.5, 0.6) is 5.75 Å². The molecule has 0 radical (unpaired) electrons. The molecular weight excluding hydrogens is 222 g/mol. The minimum Gasteiger partial charge on any atom is -0.488 e. The Balaban J connectivity index is 2.75. The van der Waals surface area contributed by atoms with E-state index in [0.717, 1.165) is 0 Å². The van der Waals surface area contributed by atoms with Gasteiger partial charge in [0.1, 0.15) is 5.75 Å². The third kappa shape index (κ3) is 3.96. The van der Waals surface area contributed by atoms with Crippen molar-refractivity contribution in [2.75, 3.05) is 19.5 Å². The lowest BCUT2D eigenvalue weighted by molar-refractivity contribution is 0.0695. The van der Waals surface area contributed by atoms with E-state index in [0.29, 0.717) is 24.5 Å². The van der Waals surface area contributed by atoms with Crippen molar-refractivity contribution in [1.29, 1.82) is 0 Å². The van der Waals surface area contributed by atoms with Gasteiger partial charge >= 0.3 is 5.97 Å². The number of aromatic carboxylic acids is 1. The summed E-state index contributed by atoms with van der Waals surface area (Å²) < 4.78 is 10.5.